The second kappa shape index (κ2) is 5.83. The largest absolute Gasteiger partial charge is 0.419 e. The summed E-state index contributed by atoms with van der Waals surface area (Å²) in [6, 6.07) is 14.1. The van der Waals surface area contributed by atoms with E-state index in [1.54, 1.807) is 6.07 Å². The van der Waals surface area contributed by atoms with Gasteiger partial charge in [0.2, 0.25) is 5.91 Å². The fourth-order valence-corrected chi connectivity index (χ4v) is 3.52. The number of carbonyl (C=O) groups excluding carboxylic acids is 1. The summed E-state index contributed by atoms with van der Waals surface area (Å²) in [5, 5.41) is 4.44. The lowest BCUT2D eigenvalue weighted by molar-refractivity contribution is -0.140. The maximum atomic E-state index is 14.6. The molecule has 0 radical (unpaired) electrons. The van der Waals surface area contributed by atoms with Gasteiger partial charge in [0.1, 0.15) is 5.82 Å². The number of hydrogen-bond donors (Lipinski definition) is 1. The van der Waals surface area contributed by atoms with E-state index in [2.05, 4.69) is 5.32 Å². The molecule has 0 spiro atoms. The summed E-state index contributed by atoms with van der Waals surface area (Å²) in [4.78, 5) is 12.2. The van der Waals surface area contributed by atoms with Gasteiger partial charge in [0, 0.05) is 17.7 Å². The Morgan fingerprint density at radius 2 is 1.69 bits per heavy atom. The average Bonchev–Trinajstić information content (AvgIpc) is 2.60. The molecule has 0 aliphatic carbocycles. The van der Waals surface area contributed by atoms with Crippen molar-refractivity contribution in [1.82, 2.24) is 0 Å². The molecule has 26 heavy (non-hydrogen) atoms. The van der Waals surface area contributed by atoms with Crippen LogP contribution in [0, 0.1) is 5.82 Å². The first-order valence-corrected chi connectivity index (χ1v) is 8.03. The van der Waals surface area contributed by atoms with Gasteiger partial charge < -0.3 is 5.32 Å². The SMILES string of the molecule is O=C1CC(c2cccc(C(F)(F)F)c2F)c2ccc3ccccc3c2N1. The van der Waals surface area contributed by atoms with Gasteiger partial charge in [-0.15, -0.1) is 0 Å². The topological polar surface area (TPSA) is 29.1 Å². The molecule has 1 aliphatic heterocycles. The molecule has 3 aromatic rings. The zero-order valence-electron chi connectivity index (χ0n) is 13.4. The van der Waals surface area contributed by atoms with E-state index in [1.165, 1.54) is 12.1 Å². The third kappa shape index (κ3) is 2.62. The van der Waals surface area contributed by atoms with Gasteiger partial charge >= 0.3 is 6.18 Å². The Morgan fingerprint density at radius 3 is 2.46 bits per heavy atom. The number of fused-ring (bicyclic) bond motifs is 3. The first kappa shape index (κ1) is 16.6. The lowest BCUT2D eigenvalue weighted by Gasteiger charge is -2.28. The van der Waals surface area contributed by atoms with Crippen LogP contribution in [-0.4, -0.2) is 5.91 Å². The van der Waals surface area contributed by atoms with Crippen LogP contribution in [-0.2, 0) is 11.0 Å². The Kier molecular flexibility index (Phi) is 3.72. The van der Waals surface area contributed by atoms with Crippen LogP contribution in [0.3, 0.4) is 0 Å². The maximum Gasteiger partial charge on any atom is 0.419 e. The lowest BCUT2D eigenvalue weighted by Crippen LogP contribution is -2.25. The Hall–Kier alpha value is -2.89. The monoisotopic (exact) mass is 359 g/mol. The van der Waals surface area contributed by atoms with Crippen molar-refractivity contribution in [3.05, 3.63) is 77.1 Å². The predicted molar refractivity (Wildman–Crippen MR) is 90.4 cm³/mol. The van der Waals surface area contributed by atoms with Gasteiger partial charge in [-0.1, -0.05) is 48.5 Å². The third-order valence-corrected chi connectivity index (χ3v) is 4.70. The minimum absolute atomic E-state index is 0.108. The molecule has 132 valence electrons. The number of nitrogens with one attached hydrogen (secondary N) is 1. The van der Waals surface area contributed by atoms with Gasteiger partial charge in [0.15, 0.2) is 0 Å². The van der Waals surface area contributed by atoms with Crippen molar-refractivity contribution in [3.8, 4) is 0 Å². The van der Waals surface area contributed by atoms with E-state index in [1.807, 2.05) is 30.3 Å². The number of benzene rings is 3. The normalized spacial score (nSPS) is 17.1. The fraction of sp³-hybridized carbons (Fsp3) is 0.150. The van der Waals surface area contributed by atoms with E-state index in [4.69, 9.17) is 0 Å². The smallest absolute Gasteiger partial charge is 0.325 e. The van der Waals surface area contributed by atoms with Gasteiger partial charge in [-0.05, 0) is 22.6 Å². The van der Waals surface area contributed by atoms with Crippen molar-refractivity contribution in [2.45, 2.75) is 18.5 Å². The van der Waals surface area contributed by atoms with Crippen LogP contribution in [0.25, 0.3) is 10.8 Å². The average molecular weight is 359 g/mol. The summed E-state index contributed by atoms with van der Waals surface area (Å²) in [5.74, 6) is -2.44. The quantitative estimate of drug-likeness (QED) is 0.574. The molecule has 1 heterocycles. The molecule has 0 saturated heterocycles. The minimum Gasteiger partial charge on any atom is -0.325 e. The number of carbonyl (C=O) groups is 1. The zero-order chi connectivity index (χ0) is 18.5. The number of rotatable bonds is 1. The zero-order valence-corrected chi connectivity index (χ0v) is 13.4. The van der Waals surface area contributed by atoms with Gasteiger partial charge in [-0.25, -0.2) is 4.39 Å². The van der Waals surface area contributed by atoms with Crippen molar-refractivity contribution in [2.75, 3.05) is 5.32 Å². The van der Waals surface area contributed by atoms with Crippen LogP contribution in [0.15, 0.2) is 54.6 Å². The van der Waals surface area contributed by atoms with Crippen LogP contribution in [0.2, 0.25) is 0 Å². The molecule has 0 saturated carbocycles. The second-order valence-electron chi connectivity index (χ2n) is 6.26. The molecule has 0 aromatic heterocycles. The Morgan fingerprint density at radius 1 is 0.923 bits per heavy atom. The summed E-state index contributed by atoms with van der Waals surface area (Å²) in [5.41, 5.74) is -0.294. The van der Waals surface area contributed by atoms with Crippen LogP contribution < -0.4 is 5.32 Å². The molecule has 0 bridgehead atoms. The number of amides is 1. The summed E-state index contributed by atoms with van der Waals surface area (Å²) < 4.78 is 53.8. The first-order valence-electron chi connectivity index (χ1n) is 8.03. The van der Waals surface area contributed by atoms with Crippen LogP contribution in [0.4, 0.5) is 23.2 Å². The van der Waals surface area contributed by atoms with E-state index < -0.39 is 23.5 Å². The Bertz CT molecular complexity index is 1030. The lowest BCUT2D eigenvalue weighted by atomic mass is 9.82. The first-order chi connectivity index (χ1) is 12.4. The predicted octanol–water partition coefficient (Wildman–Crippen LogP) is 5.47. The van der Waals surface area contributed by atoms with Crippen LogP contribution in [0.5, 0.6) is 0 Å². The van der Waals surface area contributed by atoms with E-state index >= 15 is 0 Å². The fourth-order valence-electron chi connectivity index (χ4n) is 3.52. The summed E-state index contributed by atoms with van der Waals surface area (Å²) in [6.45, 7) is 0. The van der Waals surface area contributed by atoms with Crippen molar-refractivity contribution in [1.29, 1.82) is 0 Å². The van der Waals surface area contributed by atoms with E-state index in [-0.39, 0.29) is 17.9 Å². The summed E-state index contributed by atoms with van der Waals surface area (Å²) in [7, 11) is 0. The minimum atomic E-state index is -4.79. The van der Waals surface area contributed by atoms with E-state index in [0.717, 1.165) is 10.8 Å². The molecule has 0 fully saturated rings. The molecule has 2 nitrogen and oxygen atoms in total. The van der Waals surface area contributed by atoms with E-state index in [0.29, 0.717) is 17.3 Å². The van der Waals surface area contributed by atoms with Crippen LogP contribution >= 0.6 is 0 Å². The molecule has 3 aromatic carbocycles. The molecule has 1 unspecified atom stereocenters. The highest BCUT2D eigenvalue weighted by Gasteiger charge is 2.37. The molecular weight excluding hydrogens is 346 g/mol. The number of anilines is 1. The van der Waals surface area contributed by atoms with Crippen molar-refractivity contribution in [2.24, 2.45) is 0 Å². The molecule has 1 N–H and O–H groups in total. The van der Waals surface area contributed by atoms with Gasteiger partial charge in [-0.3, -0.25) is 4.79 Å². The van der Waals surface area contributed by atoms with Crippen molar-refractivity contribution >= 4 is 22.4 Å². The Labute approximate surface area is 146 Å². The van der Waals surface area contributed by atoms with Gasteiger partial charge in [0.25, 0.3) is 0 Å². The molecule has 6 heteroatoms. The van der Waals surface area contributed by atoms with Crippen molar-refractivity contribution in [3.63, 3.8) is 0 Å². The second-order valence-corrected chi connectivity index (χ2v) is 6.26. The number of hydrogen-bond acceptors (Lipinski definition) is 1. The third-order valence-electron chi connectivity index (χ3n) is 4.70. The highest BCUT2D eigenvalue weighted by atomic mass is 19.4. The van der Waals surface area contributed by atoms with Crippen LogP contribution in [0.1, 0.15) is 29.0 Å². The molecule has 4 rings (SSSR count). The number of halogens is 4. The standard InChI is InChI=1S/C20H13F4NO/c21-18-13(6-3-7-16(18)20(22,23)24)15-10-17(26)25-19-12-5-2-1-4-11(12)8-9-14(15)19/h1-9,15H,10H2,(H,25,26). The Balaban J connectivity index is 1.93. The number of alkyl halides is 3. The molecule has 1 atom stereocenters. The van der Waals surface area contributed by atoms with E-state index in [9.17, 15) is 22.4 Å². The van der Waals surface area contributed by atoms with Gasteiger partial charge in [-0.2, -0.15) is 13.2 Å². The maximum absolute atomic E-state index is 14.6. The molecular formula is C20H13F4NO. The highest BCUT2D eigenvalue weighted by molar-refractivity contribution is 6.06. The highest BCUT2D eigenvalue weighted by Crippen LogP contribution is 2.43. The molecule has 1 amide bonds. The van der Waals surface area contributed by atoms with Gasteiger partial charge in [0.05, 0.1) is 11.3 Å². The molecule has 1 aliphatic rings. The summed E-state index contributed by atoms with van der Waals surface area (Å²) >= 11 is 0. The summed E-state index contributed by atoms with van der Waals surface area (Å²) in [6.07, 6.45) is -4.90. The van der Waals surface area contributed by atoms with Crippen molar-refractivity contribution < 1.29 is 22.4 Å².